The molecule has 6 nitrogen and oxygen atoms in total. The average Bonchev–Trinajstić information content (AvgIpc) is 3.09. The molecule has 0 atom stereocenters. The van der Waals surface area contributed by atoms with Gasteiger partial charge >= 0.3 is 0 Å². The van der Waals surface area contributed by atoms with E-state index in [2.05, 4.69) is 15.5 Å². The SMILES string of the molecule is O=S(=O)(CCCNc1noc(-c2ccccc2)n1)c1ccccc1. The van der Waals surface area contributed by atoms with E-state index in [4.69, 9.17) is 4.52 Å². The van der Waals surface area contributed by atoms with Crippen LogP contribution in [0.25, 0.3) is 11.5 Å². The minimum Gasteiger partial charge on any atom is -0.352 e. The fourth-order valence-electron chi connectivity index (χ4n) is 2.20. The number of anilines is 1. The van der Waals surface area contributed by atoms with Crippen molar-refractivity contribution in [3.63, 3.8) is 0 Å². The first-order valence-electron chi connectivity index (χ1n) is 7.56. The topological polar surface area (TPSA) is 85.1 Å². The molecule has 1 heterocycles. The first kappa shape index (κ1) is 16.2. The molecule has 3 aromatic rings. The Labute approximate surface area is 140 Å². The number of hydrogen-bond acceptors (Lipinski definition) is 6. The molecular formula is C17H17N3O3S. The van der Waals surface area contributed by atoms with E-state index in [1.165, 1.54) is 0 Å². The molecule has 2 aromatic carbocycles. The summed E-state index contributed by atoms with van der Waals surface area (Å²) < 4.78 is 29.5. The van der Waals surface area contributed by atoms with Gasteiger partial charge in [-0.2, -0.15) is 4.98 Å². The molecule has 0 unspecified atom stereocenters. The van der Waals surface area contributed by atoms with Gasteiger partial charge < -0.3 is 9.84 Å². The molecular weight excluding hydrogens is 326 g/mol. The molecule has 0 aliphatic heterocycles. The van der Waals surface area contributed by atoms with Gasteiger partial charge in [-0.3, -0.25) is 0 Å². The molecule has 0 amide bonds. The Kier molecular flexibility index (Phi) is 4.90. The number of benzene rings is 2. The number of sulfone groups is 1. The fourth-order valence-corrected chi connectivity index (χ4v) is 3.53. The first-order valence-corrected chi connectivity index (χ1v) is 9.21. The number of rotatable bonds is 7. The lowest BCUT2D eigenvalue weighted by Crippen LogP contribution is -2.12. The van der Waals surface area contributed by atoms with Crippen LogP contribution in [0.15, 0.2) is 70.1 Å². The van der Waals surface area contributed by atoms with Crippen LogP contribution in [0, 0.1) is 0 Å². The van der Waals surface area contributed by atoms with E-state index >= 15 is 0 Å². The third-order valence-corrected chi connectivity index (χ3v) is 5.24. The van der Waals surface area contributed by atoms with Gasteiger partial charge in [0.25, 0.3) is 11.8 Å². The van der Waals surface area contributed by atoms with Crippen molar-refractivity contribution in [2.24, 2.45) is 0 Å². The Morgan fingerprint density at radius 2 is 1.62 bits per heavy atom. The molecule has 0 saturated heterocycles. The van der Waals surface area contributed by atoms with E-state index in [-0.39, 0.29) is 5.75 Å². The summed E-state index contributed by atoms with van der Waals surface area (Å²) >= 11 is 0. The number of hydrogen-bond donors (Lipinski definition) is 1. The van der Waals surface area contributed by atoms with Gasteiger partial charge in [-0.05, 0) is 35.8 Å². The quantitative estimate of drug-likeness (QED) is 0.664. The van der Waals surface area contributed by atoms with Gasteiger partial charge in [-0.15, -0.1) is 0 Å². The van der Waals surface area contributed by atoms with E-state index in [1.807, 2.05) is 30.3 Å². The lowest BCUT2D eigenvalue weighted by molar-refractivity contribution is 0.432. The second kappa shape index (κ2) is 7.27. The zero-order chi connectivity index (χ0) is 16.8. The monoisotopic (exact) mass is 343 g/mol. The zero-order valence-corrected chi connectivity index (χ0v) is 13.7. The third kappa shape index (κ3) is 3.99. The van der Waals surface area contributed by atoms with Gasteiger partial charge in [-0.1, -0.05) is 36.4 Å². The van der Waals surface area contributed by atoms with Crippen LogP contribution in [0.5, 0.6) is 0 Å². The largest absolute Gasteiger partial charge is 0.352 e. The van der Waals surface area contributed by atoms with Gasteiger partial charge in [0, 0.05) is 12.1 Å². The molecule has 7 heteroatoms. The summed E-state index contributed by atoms with van der Waals surface area (Å²) in [5.74, 6) is 0.842. The minimum atomic E-state index is -3.26. The predicted molar refractivity (Wildman–Crippen MR) is 91.3 cm³/mol. The van der Waals surface area contributed by atoms with Crippen LogP contribution in [0.2, 0.25) is 0 Å². The van der Waals surface area contributed by atoms with Crippen LogP contribution >= 0.6 is 0 Å². The maximum atomic E-state index is 12.2. The smallest absolute Gasteiger partial charge is 0.263 e. The standard InChI is InChI=1S/C17H17N3O3S/c21-24(22,15-10-5-2-6-11-15)13-7-12-18-17-19-16(23-20-17)14-8-3-1-4-9-14/h1-6,8-11H,7,12-13H2,(H,18,20). The molecule has 0 fully saturated rings. The summed E-state index contributed by atoms with van der Waals surface area (Å²) in [7, 11) is -3.26. The van der Waals surface area contributed by atoms with Crippen LogP contribution in [0.4, 0.5) is 5.95 Å². The number of nitrogens with one attached hydrogen (secondary N) is 1. The average molecular weight is 343 g/mol. The van der Waals surface area contributed by atoms with Crippen LogP contribution in [0.3, 0.4) is 0 Å². The van der Waals surface area contributed by atoms with Gasteiger partial charge in [-0.25, -0.2) is 8.42 Å². The number of nitrogens with zero attached hydrogens (tertiary/aromatic N) is 2. The van der Waals surface area contributed by atoms with Crippen molar-refractivity contribution < 1.29 is 12.9 Å². The Hall–Kier alpha value is -2.67. The summed E-state index contributed by atoms with van der Waals surface area (Å²) in [4.78, 5) is 4.58. The zero-order valence-electron chi connectivity index (χ0n) is 12.9. The highest BCUT2D eigenvalue weighted by atomic mass is 32.2. The number of aromatic nitrogens is 2. The molecule has 0 spiro atoms. The third-order valence-electron chi connectivity index (χ3n) is 3.42. The maximum Gasteiger partial charge on any atom is 0.263 e. The molecule has 3 rings (SSSR count). The molecule has 0 aliphatic carbocycles. The maximum absolute atomic E-state index is 12.2. The van der Waals surface area contributed by atoms with Gasteiger partial charge in [0.05, 0.1) is 10.6 Å². The Bertz CT molecular complexity index is 878. The molecule has 24 heavy (non-hydrogen) atoms. The van der Waals surface area contributed by atoms with Gasteiger partial charge in [0.2, 0.25) is 0 Å². The summed E-state index contributed by atoms with van der Waals surface area (Å²) in [5.41, 5.74) is 0.838. The van der Waals surface area contributed by atoms with Crippen molar-refractivity contribution in [2.75, 3.05) is 17.6 Å². The van der Waals surface area contributed by atoms with Gasteiger partial charge in [0.15, 0.2) is 9.84 Å². The van der Waals surface area contributed by atoms with Crippen LogP contribution in [-0.4, -0.2) is 30.9 Å². The Morgan fingerprint density at radius 1 is 0.958 bits per heavy atom. The van der Waals surface area contributed by atoms with Crippen LogP contribution in [-0.2, 0) is 9.84 Å². The summed E-state index contributed by atoms with van der Waals surface area (Å²) in [6, 6.07) is 17.9. The predicted octanol–water partition coefficient (Wildman–Crippen LogP) is 3.01. The lowest BCUT2D eigenvalue weighted by Gasteiger charge is -2.04. The van der Waals surface area contributed by atoms with Crippen molar-refractivity contribution in [2.45, 2.75) is 11.3 Å². The minimum absolute atomic E-state index is 0.0629. The second-order valence-corrected chi connectivity index (χ2v) is 7.31. The van der Waals surface area contributed by atoms with Crippen LogP contribution < -0.4 is 5.32 Å². The summed E-state index contributed by atoms with van der Waals surface area (Å²) in [5, 5.41) is 6.82. The normalized spacial score (nSPS) is 11.3. The van der Waals surface area contributed by atoms with E-state index in [1.54, 1.807) is 30.3 Å². The molecule has 124 valence electrons. The van der Waals surface area contributed by atoms with Crippen molar-refractivity contribution >= 4 is 15.8 Å². The van der Waals surface area contributed by atoms with E-state index in [0.29, 0.717) is 29.7 Å². The first-order chi connectivity index (χ1) is 11.6. The highest BCUT2D eigenvalue weighted by Gasteiger charge is 2.13. The second-order valence-electron chi connectivity index (χ2n) is 5.20. The molecule has 1 aromatic heterocycles. The Balaban J connectivity index is 1.52. The van der Waals surface area contributed by atoms with Crippen molar-refractivity contribution in [3.05, 3.63) is 60.7 Å². The van der Waals surface area contributed by atoms with E-state index in [9.17, 15) is 8.42 Å². The summed E-state index contributed by atoms with van der Waals surface area (Å²) in [6.07, 6.45) is 0.451. The molecule has 0 saturated carbocycles. The van der Waals surface area contributed by atoms with Crippen LogP contribution in [0.1, 0.15) is 6.42 Å². The molecule has 0 radical (unpaired) electrons. The van der Waals surface area contributed by atoms with E-state index in [0.717, 1.165) is 5.56 Å². The summed E-state index contributed by atoms with van der Waals surface area (Å²) in [6.45, 7) is 0.444. The van der Waals surface area contributed by atoms with Gasteiger partial charge in [0.1, 0.15) is 0 Å². The van der Waals surface area contributed by atoms with Crippen molar-refractivity contribution in [1.82, 2.24) is 10.1 Å². The fraction of sp³-hybridized carbons (Fsp3) is 0.176. The molecule has 0 bridgehead atoms. The van der Waals surface area contributed by atoms with E-state index < -0.39 is 9.84 Å². The lowest BCUT2D eigenvalue weighted by atomic mass is 10.2. The van der Waals surface area contributed by atoms with Crippen molar-refractivity contribution in [1.29, 1.82) is 0 Å². The highest BCUT2D eigenvalue weighted by molar-refractivity contribution is 7.91. The molecule has 0 aliphatic rings. The Morgan fingerprint density at radius 3 is 2.33 bits per heavy atom. The van der Waals surface area contributed by atoms with Crippen molar-refractivity contribution in [3.8, 4) is 11.5 Å². The molecule has 1 N–H and O–H groups in total. The highest BCUT2D eigenvalue weighted by Crippen LogP contribution is 2.17.